The van der Waals surface area contributed by atoms with Crippen molar-refractivity contribution >= 4 is 29.1 Å². The van der Waals surface area contributed by atoms with Crippen LogP contribution in [0.15, 0.2) is 18.2 Å². The van der Waals surface area contributed by atoms with Crippen molar-refractivity contribution < 1.29 is 9.53 Å². The molecule has 0 spiro atoms. The van der Waals surface area contributed by atoms with Gasteiger partial charge in [-0.05, 0) is 38.5 Å². The molecule has 1 rings (SSSR count). The first-order valence-electron chi connectivity index (χ1n) is 6.04. The molecule has 1 aromatic rings. The molecule has 106 valence electrons. The number of amides is 1. The van der Waals surface area contributed by atoms with Crippen molar-refractivity contribution in [1.29, 1.82) is 0 Å². The van der Waals surface area contributed by atoms with Crippen LogP contribution in [0.3, 0.4) is 0 Å². The van der Waals surface area contributed by atoms with Crippen LogP contribution in [0.4, 0.5) is 0 Å². The highest BCUT2D eigenvalue weighted by Gasteiger charge is 2.14. The molecule has 0 aliphatic rings. The fourth-order valence-electron chi connectivity index (χ4n) is 1.42. The van der Waals surface area contributed by atoms with E-state index in [1.165, 1.54) is 0 Å². The molecule has 0 radical (unpaired) electrons. The van der Waals surface area contributed by atoms with Gasteiger partial charge in [0.2, 0.25) is 0 Å². The molecular weight excluding hydrogens is 287 g/mol. The number of nitrogens with one attached hydrogen (secondary N) is 1. The van der Waals surface area contributed by atoms with Crippen LogP contribution in [0.2, 0.25) is 10.0 Å². The van der Waals surface area contributed by atoms with E-state index in [9.17, 15) is 4.79 Å². The Balaban J connectivity index is 2.49. The molecule has 0 aromatic heterocycles. The van der Waals surface area contributed by atoms with Crippen molar-refractivity contribution in [1.82, 2.24) is 5.32 Å². The smallest absolute Gasteiger partial charge is 0.260 e. The topological polar surface area (TPSA) is 64.3 Å². The van der Waals surface area contributed by atoms with Crippen LogP contribution in [0, 0.1) is 0 Å². The molecule has 2 unspecified atom stereocenters. The molecule has 0 saturated heterocycles. The van der Waals surface area contributed by atoms with Crippen molar-refractivity contribution in [2.24, 2.45) is 5.73 Å². The van der Waals surface area contributed by atoms with Gasteiger partial charge in [0.1, 0.15) is 5.75 Å². The Hall–Kier alpha value is -0.970. The summed E-state index contributed by atoms with van der Waals surface area (Å²) < 4.78 is 5.48. The van der Waals surface area contributed by atoms with Gasteiger partial charge in [-0.1, -0.05) is 23.2 Å². The molecule has 4 nitrogen and oxygen atoms in total. The molecule has 1 amide bonds. The van der Waals surface area contributed by atoms with Crippen molar-refractivity contribution in [2.45, 2.75) is 32.4 Å². The summed E-state index contributed by atoms with van der Waals surface area (Å²) in [5, 5.41) is 3.68. The second-order valence-electron chi connectivity index (χ2n) is 4.42. The van der Waals surface area contributed by atoms with Crippen molar-refractivity contribution in [3.05, 3.63) is 28.2 Å². The normalized spacial score (nSPS) is 13.7. The zero-order valence-electron chi connectivity index (χ0n) is 11.0. The monoisotopic (exact) mass is 304 g/mol. The van der Waals surface area contributed by atoms with Crippen LogP contribution in [0.5, 0.6) is 5.75 Å². The van der Waals surface area contributed by atoms with E-state index in [1.54, 1.807) is 25.1 Å². The van der Waals surface area contributed by atoms with E-state index < -0.39 is 6.10 Å². The maximum atomic E-state index is 11.8. The fourth-order valence-corrected chi connectivity index (χ4v) is 1.93. The Morgan fingerprint density at radius 2 is 1.89 bits per heavy atom. The third kappa shape index (κ3) is 6.14. The minimum absolute atomic E-state index is 0.0586. The number of halogens is 2. The highest BCUT2D eigenvalue weighted by atomic mass is 35.5. The van der Waals surface area contributed by atoms with E-state index in [0.717, 1.165) is 6.42 Å². The first kappa shape index (κ1) is 16.1. The highest BCUT2D eigenvalue weighted by molar-refractivity contribution is 6.34. The summed E-state index contributed by atoms with van der Waals surface area (Å²) in [6.07, 6.45) is 0.101. The SMILES string of the molecule is CC(N)CCNC(=O)C(C)Oc1cc(Cl)cc(Cl)c1. The van der Waals surface area contributed by atoms with Gasteiger partial charge in [0, 0.05) is 22.6 Å². The maximum Gasteiger partial charge on any atom is 0.260 e. The molecule has 3 N–H and O–H groups in total. The number of hydrogen-bond acceptors (Lipinski definition) is 3. The summed E-state index contributed by atoms with van der Waals surface area (Å²) >= 11 is 11.7. The third-order valence-corrected chi connectivity index (χ3v) is 2.85. The van der Waals surface area contributed by atoms with Crippen LogP contribution in [-0.4, -0.2) is 24.6 Å². The highest BCUT2D eigenvalue weighted by Crippen LogP contribution is 2.24. The molecule has 0 heterocycles. The predicted octanol–water partition coefficient (Wildman–Crippen LogP) is 2.61. The van der Waals surface area contributed by atoms with Gasteiger partial charge in [0.15, 0.2) is 6.10 Å². The van der Waals surface area contributed by atoms with Crippen LogP contribution in [0.1, 0.15) is 20.3 Å². The molecule has 0 fully saturated rings. The molecule has 0 saturated carbocycles. The lowest BCUT2D eigenvalue weighted by Gasteiger charge is -2.15. The van der Waals surface area contributed by atoms with Crippen LogP contribution < -0.4 is 15.8 Å². The minimum atomic E-state index is -0.623. The second kappa shape index (κ2) is 7.58. The van der Waals surface area contributed by atoms with Gasteiger partial charge in [-0.2, -0.15) is 0 Å². The number of carbonyl (C=O) groups is 1. The number of nitrogens with two attached hydrogens (primary N) is 1. The Bertz CT molecular complexity index is 418. The standard InChI is InChI=1S/C13H18Cl2N2O2/c1-8(16)3-4-17-13(18)9(2)19-12-6-10(14)5-11(15)7-12/h5-9H,3-4,16H2,1-2H3,(H,17,18). The maximum absolute atomic E-state index is 11.8. The Kier molecular flexibility index (Phi) is 6.42. The van der Waals surface area contributed by atoms with Gasteiger partial charge >= 0.3 is 0 Å². The Morgan fingerprint density at radius 1 is 1.32 bits per heavy atom. The molecule has 0 bridgehead atoms. The number of hydrogen-bond donors (Lipinski definition) is 2. The Morgan fingerprint density at radius 3 is 2.42 bits per heavy atom. The van der Waals surface area contributed by atoms with E-state index in [1.807, 2.05) is 6.92 Å². The quantitative estimate of drug-likeness (QED) is 0.849. The van der Waals surface area contributed by atoms with Crippen LogP contribution >= 0.6 is 23.2 Å². The first-order chi connectivity index (χ1) is 8.88. The first-order valence-corrected chi connectivity index (χ1v) is 6.80. The van der Waals surface area contributed by atoms with Crippen molar-refractivity contribution in [3.63, 3.8) is 0 Å². The largest absolute Gasteiger partial charge is 0.481 e. The number of carbonyl (C=O) groups excluding carboxylic acids is 1. The average molecular weight is 305 g/mol. The third-order valence-electron chi connectivity index (χ3n) is 2.42. The van der Waals surface area contributed by atoms with Gasteiger partial charge in [-0.15, -0.1) is 0 Å². The van der Waals surface area contributed by atoms with E-state index in [2.05, 4.69) is 5.32 Å². The summed E-state index contributed by atoms with van der Waals surface area (Å²) in [6.45, 7) is 4.08. The van der Waals surface area contributed by atoms with Gasteiger partial charge in [0.05, 0.1) is 0 Å². The van der Waals surface area contributed by atoms with Crippen LogP contribution in [-0.2, 0) is 4.79 Å². The summed E-state index contributed by atoms with van der Waals surface area (Å²) in [4.78, 5) is 11.8. The lowest BCUT2D eigenvalue weighted by Crippen LogP contribution is -2.38. The van der Waals surface area contributed by atoms with Crippen LogP contribution in [0.25, 0.3) is 0 Å². The van der Waals surface area contributed by atoms with E-state index in [-0.39, 0.29) is 11.9 Å². The minimum Gasteiger partial charge on any atom is -0.481 e. The second-order valence-corrected chi connectivity index (χ2v) is 5.30. The number of rotatable bonds is 6. The van der Waals surface area contributed by atoms with E-state index in [4.69, 9.17) is 33.7 Å². The van der Waals surface area contributed by atoms with Gasteiger partial charge in [-0.3, -0.25) is 4.79 Å². The molecular formula is C13H18Cl2N2O2. The summed E-state index contributed by atoms with van der Waals surface area (Å²) in [5.41, 5.74) is 5.60. The van der Waals surface area contributed by atoms with Crippen molar-refractivity contribution in [3.8, 4) is 5.75 Å². The molecule has 1 aromatic carbocycles. The Labute approximate surface area is 123 Å². The lowest BCUT2D eigenvalue weighted by atomic mass is 10.2. The molecule has 0 aliphatic carbocycles. The summed E-state index contributed by atoms with van der Waals surface area (Å²) in [7, 11) is 0. The van der Waals surface area contributed by atoms with Gasteiger partial charge in [0.25, 0.3) is 5.91 Å². The van der Waals surface area contributed by atoms with E-state index >= 15 is 0 Å². The predicted molar refractivity (Wildman–Crippen MR) is 77.8 cm³/mol. The molecule has 0 aliphatic heterocycles. The molecule has 2 atom stereocenters. The van der Waals surface area contributed by atoms with Crippen molar-refractivity contribution in [2.75, 3.05) is 6.54 Å². The van der Waals surface area contributed by atoms with Gasteiger partial charge in [-0.25, -0.2) is 0 Å². The zero-order chi connectivity index (χ0) is 14.4. The van der Waals surface area contributed by atoms with Gasteiger partial charge < -0.3 is 15.8 Å². The molecule has 6 heteroatoms. The number of benzene rings is 1. The number of ether oxygens (including phenoxy) is 1. The zero-order valence-corrected chi connectivity index (χ0v) is 12.5. The lowest BCUT2D eigenvalue weighted by molar-refractivity contribution is -0.127. The fraction of sp³-hybridized carbons (Fsp3) is 0.462. The molecule has 19 heavy (non-hydrogen) atoms. The van der Waals surface area contributed by atoms with E-state index in [0.29, 0.717) is 22.3 Å². The summed E-state index contributed by atoms with van der Waals surface area (Å²) in [5.74, 6) is 0.268. The average Bonchev–Trinajstić information content (AvgIpc) is 2.26. The summed E-state index contributed by atoms with van der Waals surface area (Å²) in [6, 6.07) is 4.88.